The van der Waals surface area contributed by atoms with Gasteiger partial charge in [0.1, 0.15) is 6.33 Å². The number of methoxy groups -OCH3 is 1. The standard InChI is InChI=1S/C14H19BN4O3/c1-13(2)14(3,4)22-15(21-13)10-11(19-8-6-7-18-19)16-9-17-12(10)20-5/h6-9H,1-5H3. The highest BCUT2D eigenvalue weighted by molar-refractivity contribution is 6.64. The molecule has 0 aromatic carbocycles. The molecule has 3 heterocycles. The minimum Gasteiger partial charge on any atom is -0.481 e. The largest absolute Gasteiger partial charge is 0.504 e. The molecule has 22 heavy (non-hydrogen) atoms. The first kappa shape index (κ1) is 15.0. The highest BCUT2D eigenvalue weighted by Crippen LogP contribution is 2.37. The number of aromatic nitrogens is 4. The molecule has 0 spiro atoms. The Labute approximate surface area is 129 Å². The molecule has 0 amide bonds. The van der Waals surface area contributed by atoms with Crippen LogP contribution in [-0.4, -0.2) is 45.2 Å². The second kappa shape index (κ2) is 5.07. The molecule has 0 unspecified atom stereocenters. The van der Waals surface area contributed by atoms with E-state index in [2.05, 4.69) is 15.1 Å². The molecule has 0 atom stereocenters. The molecule has 1 saturated heterocycles. The van der Waals surface area contributed by atoms with E-state index in [4.69, 9.17) is 14.0 Å². The summed E-state index contributed by atoms with van der Waals surface area (Å²) in [5.74, 6) is 0.995. The molecule has 0 saturated carbocycles. The third-order valence-electron chi connectivity index (χ3n) is 4.23. The van der Waals surface area contributed by atoms with Gasteiger partial charge in [0.2, 0.25) is 5.88 Å². The van der Waals surface area contributed by atoms with E-state index in [1.807, 2.05) is 33.8 Å². The van der Waals surface area contributed by atoms with E-state index in [0.29, 0.717) is 17.2 Å². The van der Waals surface area contributed by atoms with Crippen molar-refractivity contribution in [3.63, 3.8) is 0 Å². The molecule has 3 rings (SSSR count). The van der Waals surface area contributed by atoms with Gasteiger partial charge in [-0.25, -0.2) is 14.6 Å². The van der Waals surface area contributed by atoms with Gasteiger partial charge in [-0.05, 0) is 33.8 Å². The van der Waals surface area contributed by atoms with E-state index in [9.17, 15) is 0 Å². The lowest BCUT2D eigenvalue weighted by Crippen LogP contribution is -2.41. The second-order valence-electron chi connectivity index (χ2n) is 6.16. The van der Waals surface area contributed by atoms with Crippen molar-refractivity contribution in [1.29, 1.82) is 0 Å². The average molecular weight is 302 g/mol. The summed E-state index contributed by atoms with van der Waals surface area (Å²) in [7, 11) is 0.935. The first-order valence-electron chi connectivity index (χ1n) is 7.10. The number of nitrogens with zero attached hydrogens (tertiary/aromatic N) is 4. The van der Waals surface area contributed by atoms with Crippen LogP contribution in [0.2, 0.25) is 0 Å². The summed E-state index contributed by atoms with van der Waals surface area (Å²) >= 11 is 0. The van der Waals surface area contributed by atoms with Crippen LogP contribution in [0.3, 0.4) is 0 Å². The summed E-state index contributed by atoms with van der Waals surface area (Å²) in [6.07, 6.45) is 4.92. The van der Waals surface area contributed by atoms with Crippen LogP contribution in [0.4, 0.5) is 0 Å². The number of rotatable bonds is 3. The summed E-state index contributed by atoms with van der Waals surface area (Å²) in [4.78, 5) is 8.49. The molecule has 8 heteroatoms. The first-order chi connectivity index (χ1) is 10.4. The maximum atomic E-state index is 6.11. The quantitative estimate of drug-likeness (QED) is 0.787. The van der Waals surface area contributed by atoms with Crippen LogP contribution in [0.25, 0.3) is 5.82 Å². The molecular formula is C14H19BN4O3. The van der Waals surface area contributed by atoms with Crippen LogP contribution < -0.4 is 10.2 Å². The third-order valence-corrected chi connectivity index (χ3v) is 4.23. The maximum Gasteiger partial charge on any atom is 0.504 e. The van der Waals surface area contributed by atoms with Crippen LogP contribution >= 0.6 is 0 Å². The fourth-order valence-electron chi connectivity index (χ4n) is 2.28. The van der Waals surface area contributed by atoms with E-state index in [-0.39, 0.29) is 0 Å². The average Bonchev–Trinajstić information content (AvgIpc) is 3.05. The second-order valence-corrected chi connectivity index (χ2v) is 6.16. The summed E-state index contributed by atoms with van der Waals surface area (Å²) in [6, 6.07) is 1.82. The topological polar surface area (TPSA) is 71.3 Å². The van der Waals surface area contributed by atoms with E-state index >= 15 is 0 Å². The highest BCUT2D eigenvalue weighted by Gasteiger charge is 2.53. The predicted octanol–water partition coefficient (Wildman–Crippen LogP) is 0.970. The van der Waals surface area contributed by atoms with Crippen molar-refractivity contribution < 1.29 is 14.0 Å². The molecule has 1 aliphatic heterocycles. The van der Waals surface area contributed by atoms with Gasteiger partial charge in [-0.15, -0.1) is 0 Å². The monoisotopic (exact) mass is 302 g/mol. The minimum atomic E-state index is -0.625. The van der Waals surface area contributed by atoms with Gasteiger partial charge >= 0.3 is 7.12 Å². The molecule has 7 nitrogen and oxygen atoms in total. The van der Waals surface area contributed by atoms with Gasteiger partial charge in [0.15, 0.2) is 5.82 Å². The molecule has 1 aliphatic rings. The van der Waals surface area contributed by atoms with Crippen molar-refractivity contribution in [1.82, 2.24) is 19.7 Å². The first-order valence-corrected chi connectivity index (χ1v) is 7.10. The van der Waals surface area contributed by atoms with Gasteiger partial charge in [0.25, 0.3) is 0 Å². The van der Waals surface area contributed by atoms with Crippen molar-refractivity contribution in [2.75, 3.05) is 7.11 Å². The molecule has 2 aromatic rings. The highest BCUT2D eigenvalue weighted by atomic mass is 16.7. The summed E-state index contributed by atoms with van der Waals surface area (Å²) in [5, 5.41) is 4.23. The van der Waals surface area contributed by atoms with E-state index < -0.39 is 18.3 Å². The van der Waals surface area contributed by atoms with Gasteiger partial charge in [-0.1, -0.05) is 0 Å². The lowest BCUT2D eigenvalue weighted by atomic mass is 9.79. The molecule has 1 fully saturated rings. The van der Waals surface area contributed by atoms with E-state index in [1.165, 1.54) is 6.33 Å². The van der Waals surface area contributed by atoms with Crippen LogP contribution in [-0.2, 0) is 9.31 Å². The van der Waals surface area contributed by atoms with E-state index in [1.54, 1.807) is 24.2 Å². The lowest BCUT2D eigenvalue weighted by molar-refractivity contribution is 0.00578. The zero-order chi connectivity index (χ0) is 16.0. The van der Waals surface area contributed by atoms with Crippen molar-refractivity contribution >= 4 is 12.6 Å². The Morgan fingerprint density at radius 2 is 1.82 bits per heavy atom. The van der Waals surface area contributed by atoms with Crippen molar-refractivity contribution in [3.8, 4) is 11.7 Å². The van der Waals surface area contributed by atoms with Crippen molar-refractivity contribution in [2.24, 2.45) is 0 Å². The summed E-state index contributed by atoms with van der Waals surface area (Å²) < 4.78 is 19.2. The molecule has 2 aromatic heterocycles. The molecular weight excluding hydrogens is 283 g/mol. The third kappa shape index (κ3) is 2.28. The summed E-state index contributed by atoms with van der Waals surface area (Å²) in [5.41, 5.74) is -0.285. The molecule has 0 radical (unpaired) electrons. The zero-order valence-corrected chi connectivity index (χ0v) is 13.4. The number of hydrogen-bond acceptors (Lipinski definition) is 6. The Bertz CT molecular complexity index is 657. The van der Waals surface area contributed by atoms with Crippen LogP contribution in [0.5, 0.6) is 5.88 Å². The van der Waals surface area contributed by atoms with Crippen LogP contribution in [0.15, 0.2) is 24.8 Å². The Hall–Kier alpha value is -1.93. The number of hydrogen-bond donors (Lipinski definition) is 0. The van der Waals surface area contributed by atoms with Crippen LogP contribution in [0.1, 0.15) is 27.7 Å². The Morgan fingerprint density at radius 1 is 1.14 bits per heavy atom. The minimum absolute atomic E-state index is 0.416. The van der Waals surface area contributed by atoms with Gasteiger partial charge in [0.05, 0.1) is 23.8 Å². The smallest absolute Gasteiger partial charge is 0.481 e. The Balaban J connectivity index is 2.11. The number of ether oxygens (including phenoxy) is 1. The van der Waals surface area contributed by atoms with E-state index in [0.717, 1.165) is 0 Å². The van der Waals surface area contributed by atoms with Gasteiger partial charge < -0.3 is 14.0 Å². The fraction of sp³-hybridized carbons (Fsp3) is 0.500. The predicted molar refractivity (Wildman–Crippen MR) is 81.4 cm³/mol. The molecule has 116 valence electrons. The Morgan fingerprint density at radius 3 is 2.36 bits per heavy atom. The van der Waals surface area contributed by atoms with Crippen molar-refractivity contribution in [3.05, 3.63) is 24.8 Å². The van der Waals surface area contributed by atoms with Crippen molar-refractivity contribution in [2.45, 2.75) is 38.9 Å². The van der Waals surface area contributed by atoms with Gasteiger partial charge in [-0.3, -0.25) is 0 Å². The SMILES string of the molecule is COc1ncnc(-n2cccn2)c1B1OC(C)(C)C(C)(C)O1. The van der Waals surface area contributed by atoms with Gasteiger partial charge in [0, 0.05) is 12.4 Å². The molecule has 0 N–H and O–H groups in total. The Kier molecular flexibility index (Phi) is 3.45. The van der Waals surface area contributed by atoms with Crippen LogP contribution in [0, 0.1) is 0 Å². The zero-order valence-electron chi connectivity index (χ0n) is 13.4. The fourth-order valence-corrected chi connectivity index (χ4v) is 2.28. The maximum absolute atomic E-state index is 6.11. The molecule has 0 bridgehead atoms. The lowest BCUT2D eigenvalue weighted by Gasteiger charge is -2.32. The normalized spacial score (nSPS) is 19.4. The summed E-state index contributed by atoms with van der Waals surface area (Å²) in [6.45, 7) is 7.99. The molecule has 0 aliphatic carbocycles. The van der Waals surface area contributed by atoms with Gasteiger partial charge in [-0.2, -0.15) is 5.10 Å².